The molecule has 0 unspecified atom stereocenters. The van der Waals surface area contributed by atoms with Crippen molar-refractivity contribution in [2.45, 2.75) is 20.0 Å². The molecular formula is C26H23BrN4O4. The van der Waals surface area contributed by atoms with Gasteiger partial charge in [0, 0.05) is 5.69 Å². The first kappa shape index (κ1) is 25.5. The number of nitriles is 1. The van der Waals surface area contributed by atoms with Gasteiger partial charge >= 0.3 is 0 Å². The molecule has 0 aliphatic heterocycles. The van der Waals surface area contributed by atoms with E-state index in [4.69, 9.17) is 14.7 Å². The summed E-state index contributed by atoms with van der Waals surface area (Å²) in [6.07, 6.45) is 1.08. The summed E-state index contributed by atoms with van der Waals surface area (Å²) in [6, 6.07) is 19.9. The van der Waals surface area contributed by atoms with Crippen LogP contribution < -0.4 is 20.2 Å². The van der Waals surface area contributed by atoms with Crippen LogP contribution in [0.3, 0.4) is 0 Å². The predicted octanol–water partition coefficient (Wildman–Crippen LogP) is 4.70. The molecule has 0 atom stereocenters. The van der Waals surface area contributed by atoms with Crippen LogP contribution in [-0.4, -0.2) is 25.1 Å². The molecule has 0 saturated carbocycles. The fourth-order valence-corrected chi connectivity index (χ4v) is 3.57. The standard InChI is InChI=1S/C26H23BrN4O4/c1-17-3-9-21(10-4-17)30-24(32)13-25(33)31-29-15-20-11-22(27)26(23(12-20)34-2)35-16-19-7-5-18(14-28)6-8-19/h3-12,15H,13,16H2,1-2H3,(H,30,32)(H,31,33). The van der Waals surface area contributed by atoms with E-state index >= 15 is 0 Å². The lowest BCUT2D eigenvalue weighted by atomic mass is 10.1. The summed E-state index contributed by atoms with van der Waals surface area (Å²) in [5.41, 5.74) is 6.16. The minimum Gasteiger partial charge on any atom is -0.493 e. The van der Waals surface area contributed by atoms with E-state index in [-0.39, 0.29) is 13.0 Å². The number of hydrazone groups is 1. The van der Waals surface area contributed by atoms with Crippen LogP contribution >= 0.6 is 15.9 Å². The van der Waals surface area contributed by atoms with Crippen molar-refractivity contribution in [1.82, 2.24) is 5.43 Å². The number of benzene rings is 3. The number of nitrogens with one attached hydrogen (secondary N) is 2. The molecule has 178 valence electrons. The summed E-state index contributed by atoms with van der Waals surface area (Å²) >= 11 is 3.47. The minimum absolute atomic E-state index is 0.287. The van der Waals surface area contributed by atoms with Crippen LogP contribution in [0.5, 0.6) is 11.5 Å². The van der Waals surface area contributed by atoms with Crippen LogP contribution in [0.15, 0.2) is 70.2 Å². The molecule has 0 aliphatic rings. The number of hydrogen-bond donors (Lipinski definition) is 2. The highest BCUT2D eigenvalue weighted by Crippen LogP contribution is 2.36. The van der Waals surface area contributed by atoms with Crippen LogP contribution in [-0.2, 0) is 16.2 Å². The zero-order chi connectivity index (χ0) is 25.2. The Morgan fingerprint density at radius 3 is 2.46 bits per heavy atom. The number of methoxy groups -OCH3 is 1. The van der Waals surface area contributed by atoms with Gasteiger partial charge in [0.15, 0.2) is 11.5 Å². The lowest BCUT2D eigenvalue weighted by Crippen LogP contribution is -2.24. The topological polar surface area (TPSA) is 113 Å². The average molecular weight is 535 g/mol. The number of hydrogen-bond acceptors (Lipinski definition) is 6. The molecule has 35 heavy (non-hydrogen) atoms. The molecule has 3 rings (SSSR count). The van der Waals surface area contributed by atoms with Crippen molar-refractivity contribution >= 4 is 39.6 Å². The Bertz CT molecular complexity index is 1270. The van der Waals surface area contributed by atoms with E-state index in [1.54, 1.807) is 36.4 Å². The maximum Gasteiger partial charge on any atom is 0.249 e. The Balaban J connectivity index is 1.56. The largest absolute Gasteiger partial charge is 0.493 e. The van der Waals surface area contributed by atoms with Gasteiger partial charge in [0.1, 0.15) is 13.0 Å². The number of rotatable bonds is 9. The second kappa shape index (κ2) is 12.3. The van der Waals surface area contributed by atoms with Crippen LogP contribution in [0.2, 0.25) is 0 Å². The molecule has 0 aliphatic carbocycles. The van der Waals surface area contributed by atoms with Crippen molar-refractivity contribution in [1.29, 1.82) is 5.26 Å². The Hall–Kier alpha value is -4.16. The predicted molar refractivity (Wildman–Crippen MR) is 136 cm³/mol. The van der Waals surface area contributed by atoms with Crippen molar-refractivity contribution in [2.75, 3.05) is 12.4 Å². The maximum absolute atomic E-state index is 12.0. The van der Waals surface area contributed by atoms with Crippen LogP contribution in [0.25, 0.3) is 0 Å². The summed E-state index contributed by atoms with van der Waals surface area (Å²) in [4.78, 5) is 24.1. The Kier molecular flexibility index (Phi) is 8.98. The Labute approximate surface area is 211 Å². The molecule has 0 spiro atoms. The lowest BCUT2D eigenvalue weighted by molar-refractivity contribution is -0.126. The number of anilines is 1. The third kappa shape index (κ3) is 7.69. The maximum atomic E-state index is 12.0. The van der Waals surface area contributed by atoms with Gasteiger partial charge in [-0.05, 0) is 70.4 Å². The third-order valence-electron chi connectivity index (χ3n) is 4.78. The second-order valence-electron chi connectivity index (χ2n) is 7.52. The summed E-state index contributed by atoms with van der Waals surface area (Å²) < 4.78 is 12.0. The smallest absolute Gasteiger partial charge is 0.249 e. The van der Waals surface area contributed by atoms with Crippen molar-refractivity contribution in [3.8, 4) is 17.6 Å². The molecule has 3 aromatic rings. The van der Waals surface area contributed by atoms with E-state index in [0.29, 0.717) is 32.8 Å². The average Bonchev–Trinajstić information content (AvgIpc) is 2.84. The quantitative estimate of drug-likeness (QED) is 0.235. The van der Waals surface area contributed by atoms with Gasteiger partial charge in [0.05, 0.1) is 29.4 Å². The highest BCUT2D eigenvalue weighted by Gasteiger charge is 2.12. The van der Waals surface area contributed by atoms with Gasteiger partial charge < -0.3 is 14.8 Å². The molecular weight excluding hydrogens is 512 g/mol. The molecule has 2 N–H and O–H groups in total. The summed E-state index contributed by atoms with van der Waals surface area (Å²) in [7, 11) is 1.52. The van der Waals surface area contributed by atoms with Gasteiger partial charge in [0.2, 0.25) is 11.8 Å². The van der Waals surface area contributed by atoms with Gasteiger partial charge in [0.25, 0.3) is 0 Å². The highest BCUT2D eigenvalue weighted by atomic mass is 79.9. The molecule has 9 heteroatoms. The van der Waals surface area contributed by atoms with Gasteiger partial charge in [-0.2, -0.15) is 10.4 Å². The molecule has 0 saturated heterocycles. The van der Waals surface area contributed by atoms with Crippen molar-refractivity contribution in [2.24, 2.45) is 5.10 Å². The summed E-state index contributed by atoms with van der Waals surface area (Å²) in [5, 5.41) is 15.5. The first-order valence-corrected chi connectivity index (χ1v) is 11.3. The van der Waals surface area contributed by atoms with E-state index in [1.165, 1.54) is 13.3 Å². The van der Waals surface area contributed by atoms with E-state index in [1.807, 2.05) is 31.2 Å². The monoisotopic (exact) mass is 534 g/mol. The van der Waals surface area contributed by atoms with Crippen LogP contribution in [0.4, 0.5) is 5.69 Å². The number of aryl methyl sites for hydroxylation is 1. The number of carbonyl (C=O) groups is 2. The van der Waals surface area contributed by atoms with Crippen molar-refractivity contribution in [3.05, 3.63) is 87.4 Å². The Morgan fingerprint density at radius 2 is 1.80 bits per heavy atom. The minimum atomic E-state index is -0.542. The molecule has 0 aromatic heterocycles. The number of nitrogens with zero attached hydrogens (tertiary/aromatic N) is 2. The molecule has 8 nitrogen and oxygen atoms in total. The van der Waals surface area contributed by atoms with E-state index in [0.717, 1.165) is 11.1 Å². The van der Waals surface area contributed by atoms with Gasteiger partial charge in [-0.15, -0.1) is 0 Å². The van der Waals surface area contributed by atoms with Gasteiger partial charge in [-0.3, -0.25) is 9.59 Å². The first-order valence-electron chi connectivity index (χ1n) is 10.6. The molecule has 0 radical (unpaired) electrons. The number of carbonyl (C=O) groups excluding carboxylic acids is 2. The third-order valence-corrected chi connectivity index (χ3v) is 5.37. The number of amides is 2. The first-order chi connectivity index (χ1) is 16.9. The SMILES string of the molecule is COc1cc(C=NNC(=O)CC(=O)Nc2ccc(C)cc2)cc(Br)c1OCc1ccc(C#N)cc1. The van der Waals surface area contributed by atoms with E-state index in [2.05, 4.69) is 37.8 Å². The second-order valence-corrected chi connectivity index (χ2v) is 8.37. The van der Waals surface area contributed by atoms with Crippen molar-refractivity contribution in [3.63, 3.8) is 0 Å². The van der Waals surface area contributed by atoms with Crippen LogP contribution in [0.1, 0.15) is 28.7 Å². The molecule has 0 heterocycles. The van der Waals surface area contributed by atoms with Gasteiger partial charge in [-0.1, -0.05) is 29.8 Å². The fourth-order valence-electron chi connectivity index (χ4n) is 2.99. The van der Waals surface area contributed by atoms with Gasteiger partial charge in [-0.25, -0.2) is 5.43 Å². The summed E-state index contributed by atoms with van der Waals surface area (Å²) in [6.45, 7) is 2.23. The molecule has 2 amide bonds. The highest BCUT2D eigenvalue weighted by molar-refractivity contribution is 9.10. The number of ether oxygens (including phenoxy) is 2. The van der Waals surface area contributed by atoms with E-state index < -0.39 is 11.8 Å². The Morgan fingerprint density at radius 1 is 1.09 bits per heavy atom. The molecule has 0 bridgehead atoms. The van der Waals surface area contributed by atoms with E-state index in [9.17, 15) is 9.59 Å². The molecule has 0 fully saturated rings. The summed E-state index contributed by atoms with van der Waals surface area (Å²) in [5.74, 6) is -0.00177. The van der Waals surface area contributed by atoms with Crippen LogP contribution in [0, 0.1) is 18.3 Å². The van der Waals surface area contributed by atoms with Crippen molar-refractivity contribution < 1.29 is 19.1 Å². The normalized spacial score (nSPS) is 10.5. The molecule has 3 aromatic carbocycles. The fraction of sp³-hybridized carbons (Fsp3) is 0.154. The number of halogens is 1. The zero-order valence-electron chi connectivity index (χ0n) is 19.2. The lowest BCUT2D eigenvalue weighted by Gasteiger charge is -2.13. The zero-order valence-corrected chi connectivity index (χ0v) is 20.8.